The first kappa shape index (κ1) is 16.1. The minimum atomic E-state index is -0.402. The molecule has 0 radical (unpaired) electrons. The van der Waals surface area contributed by atoms with E-state index in [0.29, 0.717) is 16.6 Å². The topological polar surface area (TPSA) is 73.3 Å². The number of nitrogens with zero attached hydrogens (tertiary/aromatic N) is 2. The van der Waals surface area contributed by atoms with Crippen molar-refractivity contribution in [2.24, 2.45) is 0 Å². The summed E-state index contributed by atoms with van der Waals surface area (Å²) in [7, 11) is 0. The maximum atomic E-state index is 12.3. The molecule has 2 aromatic heterocycles. The van der Waals surface area contributed by atoms with Crippen molar-refractivity contribution in [1.82, 2.24) is 9.97 Å². The highest BCUT2D eigenvalue weighted by atomic mass is 35.5. The highest BCUT2D eigenvalue weighted by Crippen LogP contribution is 2.36. The van der Waals surface area contributed by atoms with E-state index in [2.05, 4.69) is 15.3 Å². The van der Waals surface area contributed by atoms with Crippen LogP contribution in [-0.4, -0.2) is 22.7 Å². The Labute approximate surface area is 156 Å². The number of aromatic nitrogens is 2. The molecule has 0 bridgehead atoms. The van der Waals surface area contributed by atoms with E-state index in [4.69, 9.17) is 32.7 Å². The lowest BCUT2D eigenvalue weighted by molar-refractivity contribution is 0.102. The molecular weight excluding hydrogens is 385 g/mol. The minimum absolute atomic E-state index is 0.0394. The van der Waals surface area contributed by atoms with Crippen molar-refractivity contribution in [1.29, 1.82) is 0 Å². The van der Waals surface area contributed by atoms with E-state index in [1.807, 2.05) is 23.6 Å². The summed E-state index contributed by atoms with van der Waals surface area (Å²) < 4.78 is 10.7. The van der Waals surface area contributed by atoms with Gasteiger partial charge in [-0.25, -0.2) is 9.97 Å². The van der Waals surface area contributed by atoms with E-state index in [1.54, 1.807) is 0 Å². The fourth-order valence-electron chi connectivity index (χ4n) is 2.27. The van der Waals surface area contributed by atoms with Crippen molar-refractivity contribution < 1.29 is 14.3 Å². The summed E-state index contributed by atoms with van der Waals surface area (Å²) in [5.41, 5.74) is 1.82. The second kappa shape index (κ2) is 6.51. The summed E-state index contributed by atoms with van der Waals surface area (Å²) in [5.74, 6) is 0.980. The number of amides is 1. The lowest BCUT2D eigenvalue weighted by atomic mass is 10.1. The SMILES string of the molecule is O=C(Nc1nc(-c2ccc3c(c2)OCO3)cs1)c1ccc(Cl)nc1Cl. The number of benzene rings is 1. The van der Waals surface area contributed by atoms with Crippen LogP contribution in [0.3, 0.4) is 0 Å². The van der Waals surface area contributed by atoms with Gasteiger partial charge in [0.15, 0.2) is 16.6 Å². The molecule has 0 saturated carbocycles. The smallest absolute Gasteiger partial charge is 0.260 e. The van der Waals surface area contributed by atoms with Crippen LogP contribution in [0.25, 0.3) is 11.3 Å². The zero-order chi connectivity index (χ0) is 17.4. The van der Waals surface area contributed by atoms with Crippen LogP contribution in [0, 0.1) is 0 Å². The fraction of sp³-hybridized carbons (Fsp3) is 0.0625. The molecule has 126 valence electrons. The lowest BCUT2D eigenvalue weighted by Crippen LogP contribution is -2.12. The Kier molecular flexibility index (Phi) is 4.20. The summed E-state index contributed by atoms with van der Waals surface area (Å²) in [6.07, 6.45) is 0. The molecule has 1 N–H and O–H groups in total. The zero-order valence-electron chi connectivity index (χ0n) is 12.5. The second-order valence-electron chi connectivity index (χ2n) is 5.03. The minimum Gasteiger partial charge on any atom is -0.454 e. The van der Waals surface area contributed by atoms with Gasteiger partial charge in [0.2, 0.25) is 6.79 Å². The summed E-state index contributed by atoms with van der Waals surface area (Å²) in [4.78, 5) is 20.6. The third-order valence-electron chi connectivity index (χ3n) is 3.45. The van der Waals surface area contributed by atoms with E-state index in [1.165, 1.54) is 23.5 Å². The van der Waals surface area contributed by atoms with Gasteiger partial charge < -0.3 is 9.47 Å². The van der Waals surface area contributed by atoms with Gasteiger partial charge in [-0.05, 0) is 30.3 Å². The van der Waals surface area contributed by atoms with E-state index in [9.17, 15) is 4.79 Å². The molecule has 6 nitrogen and oxygen atoms in total. The molecule has 3 aromatic rings. The molecule has 0 fully saturated rings. The quantitative estimate of drug-likeness (QED) is 0.663. The van der Waals surface area contributed by atoms with Crippen LogP contribution >= 0.6 is 34.5 Å². The standard InChI is InChI=1S/C16H9Cl2N3O3S/c17-13-4-2-9(14(18)20-13)15(22)21-16-19-10(6-25-16)8-1-3-11-12(5-8)24-7-23-11/h1-6H,7H2,(H,19,21,22). The molecule has 25 heavy (non-hydrogen) atoms. The van der Waals surface area contributed by atoms with Crippen molar-refractivity contribution in [3.63, 3.8) is 0 Å². The number of fused-ring (bicyclic) bond motifs is 1. The van der Waals surface area contributed by atoms with Gasteiger partial charge in [-0.15, -0.1) is 11.3 Å². The molecule has 3 heterocycles. The van der Waals surface area contributed by atoms with Crippen LogP contribution in [0.15, 0.2) is 35.7 Å². The number of hydrogen-bond acceptors (Lipinski definition) is 6. The molecule has 1 aliphatic rings. The number of carbonyl (C=O) groups excluding carboxylic acids is 1. The lowest BCUT2D eigenvalue weighted by Gasteiger charge is -2.03. The van der Waals surface area contributed by atoms with Gasteiger partial charge in [0, 0.05) is 10.9 Å². The molecule has 1 aromatic carbocycles. The van der Waals surface area contributed by atoms with Crippen LogP contribution in [0.5, 0.6) is 11.5 Å². The number of halogens is 2. The van der Waals surface area contributed by atoms with Gasteiger partial charge in [0.25, 0.3) is 5.91 Å². The Morgan fingerprint density at radius 2 is 1.96 bits per heavy atom. The van der Waals surface area contributed by atoms with E-state index in [-0.39, 0.29) is 22.7 Å². The van der Waals surface area contributed by atoms with Crippen molar-refractivity contribution in [2.75, 3.05) is 12.1 Å². The van der Waals surface area contributed by atoms with Crippen LogP contribution in [-0.2, 0) is 0 Å². The third-order valence-corrected chi connectivity index (χ3v) is 4.71. The largest absolute Gasteiger partial charge is 0.454 e. The Morgan fingerprint density at radius 3 is 2.80 bits per heavy atom. The van der Waals surface area contributed by atoms with Crippen molar-refractivity contribution >= 4 is 45.6 Å². The molecule has 0 saturated heterocycles. The summed E-state index contributed by atoms with van der Waals surface area (Å²) >= 11 is 13.0. The highest BCUT2D eigenvalue weighted by molar-refractivity contribution is 7.14. The van der Waals surface area contributed by atoms with Gasteiger partial charge in [-0.1, -0.05) is 23.2 Å². The van der Waals surface area contributed by atoms with E-state index >= 15 is 0 Å². The number of nitrogens with one attached hydrogen (secondary N) is 1. The monoisotopic (exact) mass is 393 g/mol. The number of rotatable bonds is 3. The predicted octanol–water partition coefficient (Wildman–Crippen LogP) is 4.49. The summed E-state index contributed by atoms with van der Waals surface area (Å²) in [5, 5.41) is 5.26. The van der Waals surface area contributed by atoms with Gasteiger partial charge >= 0.3 is 0 Å². The number of ether oxygens (including phenoxy) is 2. The van der Waals surface area contributed by atoms with Gasteiger partial charge in [0.05, 0.1) is 11.3 Å². The normalized spacial score (nSPS) is 12.2. The first-order valence-electron chi connectivity index (χ1n) is 7.09. The van der Waals surface area contributed by atoms with Gasteiger partial charge in [-0.3, -0.25) is 10.1 Å². The van der Waals surface area contributed by atoms with Crippen molar-refractivity contribution in [3.8, 4) is 22.8 Å². The Bertz CT molecular complexity index is 977. The molecule has 0 atom stereocenters. The summed E-state index contributed by atoms with van der Waals surface area (Å²) in [6, 6.07) is 8.58. The van der Waals surface area contributed by atoms with Crippen molar-refractivity contribution in [3.05, 3.63) is 51.6 Å². The molecule has 4 rings (SSSR count). The average molecular weight is 394 g/mol. The van der Waals surface area contributed by atoms with Gasteiger partial charge in [-0.2, -0.15) is 0 Å². The van der Waals surface area contributed by atoms with Crippen LogP contribution in [0.1, 0.15) is 10.4 Å². The Morgan fingerprint density at radius 1 is 1.12 bits per heavy atom. The number of thiazole rings is 1. The van der Waals surface area contributed by atoms with Crippen LogP contribution in [0.2, 0.25) is 10.3 Å². The van der Waals surface area contributed by atoms with Crippen LogP contribution in [0.4, 0.5) is 5.13 Å². The van der Waals surface area contributed by atoms with Crippen LogP contribution < -0.4 is 14.8 Å². The number of anilines is 1. The predicted molar refractivity (Wildman–Crippen MR) is 95.9 cm³/mol. The Balaban J connectivity index is 1.54. The van der Waals surface area contributed by atoms with E-state index < -0.39 is 5.91 Å². The average Bonchev–Trinajstić information content (AvgIpc) is 3.22. The summed E-state index contributed by atoms with van der Waals surface area (Å²) in [6.45, 7) is 0.215. The number of pyridine rings is 1. The molecule has 0 aliphatic carbocycles. The molecular formula is C16H9Cl2N3O3S. The first-order chi connectivity index (χ1) is 12.1. The third kappa shape index (κ3) is 3.26. The molecule has 1 aliphatic heterocycles. The molecule has 0 spiro atoms. The highest BCUT2D eigenvalue weighted by Gasteiger charge is 2.17. The van der Waals surface area contributed by atoms with E-state index in [0.717, 1.165) is 11.3 Å². The van der Waals surface area contributed by atoms with Gasteiger partial charge in [0.1, 0.15) is 10.3 Å². The Hall–Kier alpha value is -2.35. The molecule has 0 unspecified atom stereocenters. The first-order valence-corrected chi connectivity index (χ1v) is 8.72. The van der Waals surface area contributed by atoms with Crippen molar-refractivity contribution in [2.45, 2.75) is 0 Å². The molecule has 9 heteroatoms. The number of hydrogen-bond donors (Lipinski definition) is 1. The number of carbonyl (C=O) groups is 1. The zero-order valence-corrected chi connectivity index (χ0v) is 14.8. The maximum Gasteiger partial charge on any atom is 0.260 e. The fourth-order valence-corrected chi connectivity index (χ4v) is 3.41. The maximum absolute atomic E-state index is 12.3. The molecule has 1 amide bonds. The second-order valence-corrected chi connectivity index (χ2v) is 6.64.